The molecule has 0 saturated carbocycles. The summed E-state index contributed by atoms with van der Waals surface area (Å²) < 4.78 is 33.8. The quantitative estimate of drug-likeness (QED) is 0.0520. The van der Waals surface area contributed by atoms with Crippen LogP contribution in [0, 0.1) is 5.41 Å². The molecule has 3 aromatic carbocycles. The molecule has 0 aliphatic heterocycles. The number of sulfonamides is 1. The number of carboxylic acid groups (broad SMARTS) is 1. The normalized spacial score (nSPS) is 12.5. The summed E-state index contributed by atoms with van der Waals surface area (Å²) in [6.45, 7) is 1.68. The van der Waals surface area contributed by atoms with Gasteiger partial charge in [-0.1, -0.05) is 36.4 Å². The summed E-state index contributed by atoms with van der Waals surface area (Å²) in [7, 11) is -3.76. The van der Waals surface area contributed by atoms with Crippen LogP contribution in [0.3, 0.4) is 0 Å². The number of hydrogen-bond donors (Lipinski definition) is 8. The number of amidine groups is 1. The molecule has 16 heteroatoms. The van der Waals surface area contributed by atoms with Crippen LogP contribution in [0.15, 0.2) is 72.9 Å². The fourth-order valence-corrected chi connectivity index (χ4v) is 6.12. The number of nitrogens with one attached hydrogen (secondary N) is 5. The summed E-state index contributed by atoms with van der Waals surface area (Å²) in [5, 5.41) is 22.9. The van der Waals surface area contributed by atoms with Crippen LogP contribution in [-0.4, -0.2) is 65.9 Å². The van der Waals surface area contributed by atoms with Crippen LogP contribution in [0.1, 0.15) is 58.8 Å². The van der Waals surface area contributed by atoms with Gasteiger partial charge >= 0.3 is 5.97 Å². The number of fused-ring (bicyclic) bond motifs is 1. The summed E-state index contributed by atoms with van der Waals surface area (Å²) in [4.78, 5) is 52.5. The molecule has 1 heterocycles. The van der Waals surface area contributed by atoms with Gasteiger partial charge in [0.15, 0.2) is 0 Å². The van der Waals surface area contributed by atoms with E-state index in [1.54, 1.807) is 60.8 Å². The van der Waals surface area contributed by atoms with Gasteiger partial charge in [-0.05, 0) is 66.8 Å². The molecular weight excluding hydrogens is 678 g/mol. The van der Waals surface area contributed by atoms with Crippen molar-refractivity contribution in [1.29, 1.82) is 5.41 Å². The number of aromatic nitrogens is 1. The number of amides is 3. The van der Waals surface area contributed by atoms with Gasteiger partial charge in [-0.3, -0.25) is 19.8 Å². The number of H-pyrrole nitrogens is 1. The largest absolute Gasteiger partial charge is 0.489 e. The summed E-state index contributed by atoms with van der Waals surface area (Å²) in [6.07, 6.45) is 1.23. The first-order valence-corrected chi connectivity index (χ1v) is 17.7. The molecule has 0 aliphatic carbocycles. The van der Waals surface area contributed by atoms with E-state index in [-0.39, 0.29) is 56.0 Å². The number of nitrogen functional groups attached to an aromatic ring is 1. The summed E-state index contributed by atoms with van der Waals surface area (Å²) in [6, 6.07) is 16.3. The van der Waals surface area contributed by atoms with Crippen LogP contribution < -0.4 is 31.6 Å². The molecule has 10 N–H and O–H groups in total. The molecule has 3 amide bonds. The third kappa shape index (κ3) is 11.4. The van der Waals surface area contributed by atoms with Gasteiger partial charge in [0.1, 0.15) is 24.2 Å². The number of ether oxygens (including phenoxy) is 1. The topological polar surface area (TPSA) is 260 Å². The molecule has 4 rings (SSSR count). The van der Waals surface area contributed by atoms with E-state index < -0.39 is 45.8 Å². The standard InChI is InChI=1S/C35H41N7O8S/c1-2-51(48,49)42-26(15-25-19-39-29-11-10-27(17-28(25)29)50-20-22-4-3-5-24(14-22)35(46)47)16-32(44)41-30(12-13-31(36)43)34(45)40-18-21-6-8-23(9-7-21)33(37)38/h3-11,14,17,19,26,30,39,42H,2,12-13,15-16,18,20H2,1H3,(H2,36,43)(H3,37,38)(H,40,45)(H,41,44)(H,46,47). The highest BCUT2D eigenvalue weighted by Crippen LogP contribution is 2.26. The Bertz CT molecular complexity index is 2010. The summed E-state index contributed by atoms with van der Waals surface area (Å²) in [5.41, 5.74) is 14.3. The van der Waals surface area contributed by atoms with Crippen molar-refractivity contribution < 1.29 is 37.4 Å². The number of primary amides is 1. The minimum absolute atomic E-state index is 0.0760. The fourth-order valence-electron chi connectivity index (χ4n) is 5.28. The van der Waals surface area contributed by atoms with Crippen molar-refractivity contribution in [3.63, 3.8) is 0 Å². The van der Waals surface area contributed by atoms with Crippen molar-refractivity contribution in [1.82, 2.24) is 20.3 Å². The Balaban J connectivity index is 1.47. The van der Waals surface area contributed by atoms with Crippen LogP contribution in [0.2, 0.25) is 0 Å². The van der Waals surface area contributed by atoms with Gasteiger partial charge in [0.05, 0.1) is 11.3 Å². The zero-order valence-corrected chi connectivity index (χ0v) is 28.7. The average Bonchev–Trinajstić information content (AvgIpc) is 3.49. The molecule has 0 radical (unpaired) electrons. The van der Waals surface area contributed by atoms with E-state index in [0.29, 0.717) is 28.0 Å². The number of carboxylic acids is 1. The molecular formula is C35H41N7O8S. The third-order valence-electron chi connectivity index (χ3n) is 8.01. The number of nitrogens with two attached hydrogens (primary N) is 2. The lowest BCUT2D eigenvalue weighted by Gasteiger charge is -2.21. The molecule has 0 saturated heterocycles. The average molecular weight is 720 g/mol. The van der Waals surface area contributed by atoms with E-state index in [4.69, 9.17) is 21.6 Å². The van der Waals surface area contributed by atoms with Crippen LogP contribution in [-0.2, 0) is 44.0 Å². The Labute approximate surface area is 294 Å². The molecule has 15 nitrogen and oxygen atoms in total. The van der Waals surface area contributed by atoms with E-state index in [2.05, 4.69) is 20.3 Å². The highest BCUT2D eigenvalue weighted by atomic mass is 32.2. The van der Waals surface area contributed by atoms with Crippen molar-refractivity contribution in [2.75, 3.05) is 5.75 Å². The van der Waals surface area contributed by atoms with Crippen LogP contribution in [0.4, 0.5) is 0 Å². The number of carbonyl (C=O) groups is 4. The van der Waals surface area contributed by atoms with Crippen molar-refractivity contribution in [2.24, 2.45) is 11.5 Å². The van der Waals surface area contributed by atoms with Crippen molar-refractivity contribution in [3.8, 4) is 5.75 Å². The van der Waals surface area contributed by atoms with Gasteiger partial charge in [0.25, 0.3) is 0 Å². The monoisotopic (exact) mass is 719 g/mol. The number of carbonyl (C=O) groups excluding carboxylic acids is 3. The van der Waals surface area contributed by atoms with Gasteiger partial charge in [-0.2, -0.15) is 0 Å². The second-order valence-electron chi connectivity index (χ2n) is 11.9. The lowest BCUT2D eigenvalue weighted by Crippen LogP contribution is -2.49. The lowest BCUT2D eigenvalue weighted by molar-refractivity contribution is -0.130. The van der Waals surface area contributed by atoms with Gasteiger partial charge in [0.2, 0.25) is 27.7 Å². The van der Waals surface area contributed by atoms with Crippen LogP contribution in [0.25, 0.3) is 10.9 Å². The predicted octanol–water partition coefficient (Wildman–Crippen LogP) is 2.04. The second kappa shape index (κ2) is 17.3. The predicted molar refractivity (Wildman–Crippen MR) is 190 cm³/mol. The van der Waals surface area contributed by atoms with Crippen molar-refractivity contribution in [2.45, 2.75) is 57.8 Å². The molecule has 2 unspecified atom stereocenters. The first-order valence-electron chi connectivity index (χ1n) is 16.1. The molecule has 4 aromatic rings. The first kappa shape index (κ1) is 38.1. The van der Waals surface area contributed by atoms with Gasteiger partial charge < -0.3 is 36.9 Å². The lowest BCUT2D eigenvalue weighted by atomic mass is 10.0. The number of rotatable bonds is 19. The van der Waals surface area contributed by atoms with E-state index in [9.17, 15) is 32.7 Å². The van der Waals surface area contributed by atoms with Gasteiger partial charge in [0, 0.05) is 48.1 Å². The maximum absolute atomic E-state index is 13.4. The molecule has 270 valence electrons. The molecule has 0 aliphatic rings. The molecule has 2 atom stereocenters. The zero-order chi connectivity index (χ0) is 37.1. The van der Waals surface area contributed by atoms with E-state index in [1.165, 1.54) is 19.1 Å². The Morgan fingerprint density at radius 2 is 1.73 bits per heavy atom. The maximum Gasteiger partial charge on any atom is 0.335 e. The fraction of sp³-hybridized carbons (Fsp3) is 0.286. The first-order chi connectivity index (χ1) is 24.2. The molecule has 51 heavy (non-hydrogen) atoms. The van der Waals surface area contributed by atoms with E-state index in [1.807, 2.05) is 0 Å². The minimum atomic E-state index is -3.76. The molecule has 0 fully saturated rings. The Morgan fingerprint density at radius 3 is 2.39 bits per heavy atom. The Kier molecular flexibility index (Phi) is 12.9. The molecule has 1 aromatic heterocycles. The van der Waals surface area contributed by atoms with E-state index >= 15 is 0 Å². The van der Waals surface area contributed by atoms with Crippen molar-refractivity contribution >= 4 is 50.5 Å². The van der Waals surface area contributed by atoms with Crippen LogP contribution in [0.5, 0.6) is 5.75 Å². The third-order valence-corrected chi connectivity index (χ3v) is 9.46. The molecule has 0 spiro atoms. The number of hydrogen-bond acceptors (Lipinski definition) is 8. The SMILES string of the molecule is CCS(=O)(=O)NC(CC(=O)NC(CCC(N)=O)C(=O)NCc1ccc(C(=N)N)cc1)Cc1c[nH]c2ccc(OCc3cccc(C(=O)O)c3)cc12. The van der Waals surface area contributed by atoms with Crippen molar-refractivity contribution in [3.05, 3.63) is 101 Å². The maximum atomic E-state index is 13.4. The van der Waals surface area contributed by atoms with Crippen LogP contribution >= 0.6 is 0 Å². The Hall–Kier alpha value is -5.74. The molecule has 0 bridgehead atoms. The highest BCUT2D eigenvalue weighted by molar-refractivity contribution is 7.89. The van der Waals surface area contributed by atoms with E-state index in [0.717, 1.165) is 10.9 Å². The number of aromatic amines is 1. The number of aromatic carboxylic acids is 1. The highest BCUT2D eigenvalue weighted by Gasteiger charge is 2.26. The van der Waals surface area contributed by atoms with Gasteiger partial charge in [-0.15, -0.1) is 0 Å². The number of benzene rings is 3. The smallest absolute Gasteiger partial charge is 0.335 e. The zero-order valence-electron chi connectivity index (χ0n) is 27.9. The summed E-state index contributed by atoms with van der Waals surface area (Å²) >= 11 is 0. The summed E-state index contributed by atoms with van der Waals surface area (Å²) in [5.74, 6) is -2.72. The van der Waals surface area contributed by atoms with Gasteiger partial charge in [-0.25, -0.2) is 17.9 Å². The second-order valence-corrected chi connectivity index (χ2v) is 13.9. The Morgan fingerprint density at radius 1 is 0.980 bits per heavy atom. The minimum Gasteiger partial charge on any atom is -0.489 e.